The van der Waals surface area contributed by atoms with E-state index in [1.807, 2.05) is 24.8 Å². The second-order valence-electron chi connectivity index (χ2n) is 15.3. The van der Waals surface area contributed by atoms with Crippen LogP contribution in [-0.4, -0.2) is 103 Å². The summed E-state index contributed by atoms with van der Waals surface area (Å²) < 4.78 is 14.1. The third-order valence-electron chi connectivity index (χ3n) is 11.3. The number of fused-ring (bicyclic) bond motifs is 3. The molecule has 2 aromatic heterocycles. The number of hydrogen-bond acceptors (Lipinski definition) is 11. The van der Waals surface area contributed by atoms with E-state index < -0.39 is 29.7 Å². The molecule has 2 aromatic carbocycles. The number of hydrogen-bond donors (Lipinski definition) is 2. The summed E-state index contributed by atoms with van der Waals surface area (Å²) in [6.07, 6.45) is 8.07. The Balaban J connectivity index is 0.794. The third-order valence-corrected chi connectivity index (χ3v) is 11.3. The van der Waals surface area contributed by atoms with E-state index in [1.165, 1.54) is 10.7 Å². The minimum absolute atomic E-state index is 0.00399. The molecule has 56 heavy (non-hydrogen) atoms. The first-order valence-electron chi connectivity index (χ1n) is 19.0. The highest BCUT2D eigenvalue weighted by Gasteiger charge is 2.45. The third kappa shape index (κ3) is 6.23. The van der Waals surface area contributed by atoms with E-state index in [-0.39, 0.29) is 60.1 Å². The quantitative estimate of drug-likeness (QED) is 0.239. The molecule has 16 heteroatoms. The molecule has 0 radical (unpaired) electrons. The lowest BCUT2D eigenvalue weighted by Gasteiger charge is -2.43. The molecule has 1 atom stereocenters. The van der Waals surface area contributed by atoms with Crippen LogP contribution in [0.15, 0.2) is 55.0 Å². The molecule has 2 N–H and O–H groups in total. The predicted molar refractivity (Wildman–Crippen MR) is 199 cm³/mol. The highest BCUT2D eigenvalue weighted by Crippen LogP contribution is 2.39. The van der Waals surface area contributed by atoms with Gasteiger partial charge in [-0.05, 0) is 87.9 Å². The zero-order valence-corrected chi connectivity index (χ0v) is 30.9. The zero-order valence-electron chi connectivity index (χ0n) is 30.9. The van der Waals surface area contributed by atoms with Crippen LogP contribution in [0.3, 0.4) is 0 Å². The molecule has 9 rings (SSSR count). The molecule has 4 aliphatic heterocycles. The Hall–Kier alpha value is -6.16. The van der Waals surface area contributed by atoms with Gasteiger partial charge in [0.05, 0.1) is 41.3 Å². The van der Waals surface area contributed by atoms with Crippen molar-refractivity contribution in [1.29, 1.82) is 0 Å². The highest BCUT2D eigenvalue weighted by atomic mass is 16.5. The number of aromatic nitrogens is 3. The maximum Gasteiger partial charge on any atom is 0.262 e. The van der Waals surface area contributed by atoms with Gasteiger partial charge in [0.2, 0.25) is 11.8 Å². The second kappa shape index (κ2) is 13.8. The monoisotopic (exact) mass is 760 g/mol. The summed E-state index contributed by atoms with van der Waals surface area (Å²) in [6, 6.07) is 9.48. The van der Waals surface area contributed by atoms with Gasteiger partial charge < -0.3 is 24.6 Å². The van der Waals surface area contributed by atoms with E-state index >= 15 is 0 Å². The summed E-state index contributed by atoms with van der Waals surface area (Å²) in [5, 5.41) is 9.41. The number of nitrogens with one attached hydrogen (secondary N) is 2. The lowest BCUT2D eigenvalue weighted by Crippen LogP contribution is -2.54. The zero-order chi connectivity index (χ0) is 38.8. The summed E-state index contributed by atoms with van der Waals surface area (Å²) in [6.45, 7) is 5.48. The first kappa shape index (κ1) is 35.5. The van der Waals surface area contributed by atoms with Crippen molar-refractivity contribution in [2.45, 2.75) is 89.3 Å². The number of ether oxygens (including phenoxy) is 2. The fourth-order valence-electron chi connectivity index (χ4n) is 8.44. The van der Waals surface area contributed by atoms with Crippen LogP contribution in [0.25, 0.3) is 5.65 Å². The Morgan fingerprint density at radius 1 is 0.911 bits per heavy atom. The Morgan fingerprint density at radius 3 is 2.46 bits per heavy atom. The minimum Gasteiger partial charge on any atom is -0.489 e. The Bertz CT molecular complexity index is 2330. The van der Waals surface area contributed by atoms with Crippen LogP contribution in [0, 0.1) is 0 Å². The molecular formula is C40H40N8O8. The molecule has 2 saturated heterocycles. The highest BCUT2D eigenvalue weighted by molar-refractivity contribution is 6.23. The maximum absolute atomic E-state index is 13.8. The van der Waals surface area contributed by atoms with Crippen molar-refractivity contribution in [3.8, 4) is 5.75 Å². The normalized spacial score (nSPS) is 22.4. The molecular weight excluding hydrogens is 720 g/mol. The molecule has 4 aromatic rings. The average Bonchev–Trinajstić information content (AvgIpc) is 3.81. The smallest absolute Gasteiger partial charge is 0.262 e. The summed E-state index contributed by atoms with van der Waals surface area (Å²) >= 11 is 0. The number of imide groups is 2. The van der Waals surface area contributed by atoms with Crippen LogP contribution in [0.5, 0.6) is 5.75 Å². The number of carbonyl (C=O) groups is 6. The van der Waals surface area contributed by atoms with Crippen molar-refractivity contribution in [2.75, 3.05) is 23.3 Å². The average molecular weight is 761 g/mol. The van der Waals surface area contributed by atoms with Crippen LogP contribution in [-0.2, 0) is 20.9 Å². The number of piperidine rings is 1. The number of anilines is 2. The van der Waals surface area contributed by atoms with Gasteiger partial charge in [-0.15, -0.1) is 0 Å². The van der Waals surface area contributed by atoms with Gasteiger partial charge in [0.15, 0.2) is 5.65 Å². The Labute approximate surface area is 321 Å². The lowest BCUT2D eigenvalue weighted by atomic mass is 9.91. The van der Waals surface area contributed by atoms with Gasteiger partial charge in [0.25, 0.3) is 23.6 Å². The SMILES string of the molecule is CC(C)Oc1cc2c(cc1NC(=O)c1cnn3cccnc13)CN([C@H]1CC[C@H](OC3CN(c4ccc5c(c4)C(=O)N(C4CCC(=O)NC4=O)C5=O)C3)CC1)C2=O. The minimum atomic E-state index is -1.00. The van der Waals surface area contributed by atoms with Crippen molar-refractivity contribution in [3.05, 3.63) is 82.8 Å². The summed E-state index contributed by atoms with van der Waals surface area (Å²) in [7, 11) is 0. The predicted octanol–water partition coefficient (Wildman–Crippen LogP) is 3.34. The number of benzene rings is 2. The van der Waals surface area contributed by atoms with Crippen molar-refractivity contribution >= 4 is 52.5 Å². The van der Waals surface area contributed by atoms with Crippen molar-refractivity contribution < 1.29 is 38.2 Å². The van der Waals surface area contributed by atoms with Crippen LogP contribution in [0.4, 0.5) is 11.4 Å². The number of carbonyl (C=O) groups excluding carboxylic acids is 6. The van der Waals surface area contributed by atoms with Crippen LogP contribution < -0.4 is 20.3 Å². The van der Waals surface area contributed by atoms with Crippen molar-refractivity contribution in [1.82, 2.24) is 29.7 Å². The fraction of sp³-hybridized carbons (Fsp3) is 0.400. The van der Waals surface area contributed by atoms with E-state index in [1.54, 1.807) is 42.7 Å². The molecule has 5 aliphatic rings. The second-order valence-corrected chi connectivity index (χ2v) is 15.3. The molecule has 1 unspecified atom stereocenters. The van der Waals surface area contributed by atoms with Gasteiger partial charge in [-0.2, -0.15) is 5.10 Å². The molecule has 1 aliphatic carbocycles. The first-order chi connectivity index (χ1) is 27.0. The molecule has 16 nitrogen and oxygen atoms in total. The largest absolute Gasteiger partial charge is 0.489 e. The maximum atomic E-state index is 13.8. The van der Waals surface area contributed by atoms with Crippen molar-refractivity contribution in [2.24, 2.45) is 0 Å². The first-order valence-corrected chi connectivity index (χ1v) is 19.0. The van der Waals surface area contributed by atoms with Crippen LogP contribution >= 0.6 is 0 Å². The topological polar surface area (TPSA) is 185 Å². The van der Waals surface area contributed by atoms with Gasteiger partial charge in [0, 0.05) is 55.7 Å². The van der Waals surface area contributed by atoms with E-state index in [9.17, 15) is 28.8 Å². The Kier molecular flexibility index (Phi) is 8.79. The lowest BCUT2D eigenvalue weighted by molar-refractivity contribution is -0.136. The fourth-order valence-corrected chi connectivity index (χ4v) is 8.44. The standard InChI is InChI=1S/C40H40N8O8/c1-21(2)55-33-16-28-22(14-31(33)43-36(50)30-17-42-47-13-3-12-41-35(30)47)18-46(38(28)52)23-4-7-25(8-5-23)56-26-19-45(20-26)24-6-9-27-29(15-24)40(54)48(39(27)53)32-10-11-34(49)44-37(32)51/h3,6,9,12-17,21,23,25-26,32H,4-5,7-8,10-11,18-20H2,1-2H3,(H,43,50)(H,44,49,51)/t23-,25-,32?. The van der Waals surface area contributed by atoms with E-state index in [0.717, 1.165) is 41.8 Å². The van der Waals surface area contributed by atoms with Gasteiger partial charge in [-0.1, -0.05) is 0 Å². The molecule has 288 valence electrons. The van der Waals surface area contributed by atoms with E-state index in [2.05, 4.69) is 25.6 Å². The van der Waals surface area contributed by atoms with Crippen molar-refractivity contribution in [3.63, 3.8) is 0 Å². The molecule has 0 bridgehead atoms. The van der Waals surface area contributed by atoms with Crippen LogP contribution in [0.1, 0.15) is 99.4 Å². The van der Waals surface area contributed by atoms with E-state index in [4.69, 9.17) is 9.47 Å². The molecule has 6 heterocycles. The molecule has 3 fully saturated rings. The summed E-state index contributed by atoms with van der Waals surface area (Å²) in [5.41, 5.74) is 3.94. The molecule has 6 amide bonds. The number of rotatable bonds is 9. The van der Waals surface area contributed by atoms with Gasteiger partial charge in [0.1, 0.15) is 17.4 Å². The molecule has 0 spiro atoms. The van der Waals surface area contributed by atoms with Gasteiger partial charge in [-0.3, -0.25) is 39.0 Å². The number of nitrogens with zero attached hydrogens (tertiary/aromatic N) is 6. The summed E-state index contributed by atoms with van der Waals surface area (Å²) in [5.74, 6) is -2.10. The van der Waals surface area contributed by atoms with Crippen LogP contribution in [0.2, 0.25) is 0 Å². The Morgan fingerprint density at radius 2 is 1.70 bits per heavy atom. The number of amides is 6. The van der Waals surface area contributed by atoms with E-state index in [0.29, 0.717) is 47.8 Å². The summed E-state index contributed by atoms with van der Waals surface area (Å²) in [4.78, 5) is 86.8. The van der Waals surface area contributed by atoms with Gasteiger partial charge >= 0.3 is 0 Å². The van der Waals surface area contributed by atoms with Gasteiger partial charge in [-0.25, -0.2) is 9.50 Å². The molecule has 1 saturated carbocycles.